The average Bonchev–Trinajstić information content (AvgIpc) is 2.82. The third-order valence-corrected chi connectivity index (χ3v) is 4.32. The van der Waals surface area contributed by atoms with Crippen LogP contribution in [0.25, 0.3) is 0 Å². The van der Waals surface area contributed by atoms with Crippen molar-refractivity contribution in [3.05, 3.63) is 21.9 Å². The molecule has 20 heavy (non-hydrogen) atoms. The largest absolute Gasteiger partial charge is 0.395 e. The molecule has 0 saturated carbocycles. The minimum absolute atomic E-state index is 0.222. The number of aliphatic hydroxyl groups excluding tert-OH is 1. The van der Waals surface area contributed by atoms with Crippen molar-refractivity contribution in [2.45, 2.75) is 18.8 Å². The van der Waals surface area contributed by atoms with Crippen molar-refractivity contribution < 1.29 is 5.11 Å². The lowest BCUT2D eigenvalue weighted by atomic mass is 9.94. The van der Waals surface area contributed by atoms with E-state index in [4.69, 9.17) is 16.2 Å². The molecule has 1 aromatic rings. The first-order valence-corrected chi connectivity index (χ1v) is 7.49. The number of halogens is 1. The summed E-state index contributed by atoms with van der Waals surface area (Å²) in [6.45, 7) is 2.98. The highest BCUT2D eigenvalue weighted by molar-refractivity contribution is 9.10. The lowest BCUT2D eigenvalue weighted by Crippen LogP contribution is -2.35. The molecule has 1 saturated heterocycles. The number of aromatic nitrogens is 1. The smallest absolute Gasteiger partial charge is 0.150 e. The molecule has 7 heteroatoms. The number of amidine groups is 1. The number of hydrogen-bond donors (Lipinski definition) is 4. The zero-order valence-corrected chi connectivity index (χ0v) is 12.9. The molecule has 110 valence electrons. The fourth-order valence-electron chi connectivity index (χ4n) is 2.60. The summed E-state index contributed by atoms with van der Waals surface area (Å²) >= 11 is 3.48. The molecule has 0 amide bonds. The van der Waals surface area contributed by atoms with Crippen LogP contribution >= 0.6 is 15.9 Å². The Labute approximate surface area is 126 Å². The van der Waals surface area contributed by atoms with Gasteiger partial charge in [-0.1, -0.05) is 0 Å². The van der Waals surface area contributed by atoms with E-state index >= 15 is 0 Å². The molecule has 0 bridgehead atoms. The molecule has 5 N–H and O–H groups in total. The average molecular weight is 342 g/mol. The number of aliphatic imine (C=N–C) groups is 1. The Bertz CT molecular complexity index is 491. The van der Waals surface area contributed by atoms with Crippen LogP contribution in [-0.4, -0.2) is 53.4 Å². The minimum atomic E-state index is 0.222. The topological polar surface area (TPSA) is 101 Å². The zero-order chi connectivity index (χ0) is 14.5. The summed E-state index contributed by atoms with van der Waals surface area (Å²) in [7, 11) is 0. The summed E-state index contributed by atoms with van der Waals surface area (Å²) < 4.78 is 0.883. The summed E-state index contributed by atoms with van der Waals surface area (Å²) in [6.07, 6.45) is 3.07. The number of aliphatic hydroxyl groups is 1. The highest BCUT2D eigenvalue weighted by atomic mass is 79.9. The van der Waals surface area contributed by atoms with E-state index in [0.717, 1.165) is 54.7 Å². The Morgan fingerprint density at radius 2 is 2.30 bits per heavy atom. The van der Waals surface area contributed by atoms with E-state index in [0.29, 0.717) is 11.8 Å². The number of nitrogens with one attached hydrogen (secondary N) is 2. The maximum Gasteiger partial charge on any atom is 0.150 e. The standard InChI is InChI=1S/C13H20BrN5O/c14-10-7-11(18-12(10)13(16)17-8-15)9-1-3-19(4-2-9)5-6-20/h7-9,18,20H,1-6H2,(H3,15,16,17). The van der Waals surface area contributed by atoms with Gasteiger partial charge in [-0.25, -0.2) is 4.99 Å². The van der Waals surface area contributed by atoms with Gasteiger partial charge < -0.3 is 20.7 Å². The van der Waals surface area contributed by atoms with Crippen LogP contribution in [0, 0.1) is 5.41 Å². The van der Waals surface area contributed by atoms with Crippen molar-refractivity contribution in [2.75, 3.05) is 26.2 Å². The Hall–Kier alpha value is -1.18. The molecule has 1 aliphatic heterocycles. The number of rotatable bonds is 5. The SMILES string of the molecule is N=C/N=C(/N)c1[nH]c(C2CCN(CCO)CC2)cc1Br. The van der Waals surface area contributed by atoms with E-state index in [2.05, 4.69) is 30.8 Å². The van der Waals surface area contributed by atoms with Gasteiger partial charge in [0.25, 0.3) is 0 Å². The Kier molecular flexibility index (Phi) is 5.33. The molecule has 0 atom stereocenters. The van der Waals surface area contributed by atoms with Gasteiger partial charge >= 0.3 is 0 Å². The summed E-state index contributed by atoms with van der Waals surface area (Å²) in [5, 5.41) is 15.9. The number of H-pyrrole nitrogens is 1. The first-order chi connectivity index (χ1) is 9.65. The number of aromatic amines is 1. The molecule has 1 aliphatic rings. The molecular weight excluding hydrogens is 322 g/mol. The van der Waals surface area contributed by atoms with Crippen molar-refractivity contribution in [1.29, 1.82) is 5.41 Å². The number of nitrogens with two attached hydrogens (primary N) is 1. The minimum Gasteiger partial charge on any atom is -0.395 e. The highest BCUT2D eigenvalue weighted by Crippen LogP contribution is 2.30. The van der Waals surface area contributed by atoms with Gasteiger partial charge in [0.1, 0.15) is 12.2 Å². The van der Waals surface area contributed by atoms with Crippen LogP contribution in [0.3, 0.4) is 0 Å². The van der Waals surface area contributed by atoms with Crippen molar-refractivity contribution in [3.63, 3.8) is 0 Å². The van der Waals surface area contributed by atoms with Crippen LogP contribution in [0.4, 0.5) is 0 Å². The van der Waals surface area contributed by atoms with Crippen molar-refractivity contribution in [1.82, 2.24) is 9.88 Å². The van der Waals surface area contributed by atoms with Gasteiger partial charge in [-0.3, -0.25) is 5.41 Å². The molecule has 1 fully saturated rings. The van der Waals surface area contributed by atoms with E-state index < -0.39 is 0 Å². The maximum atomic E-state index is 8.95. The number of piperidine rings is 1. The molecule has 0 aromatic carbocycles. The van der Waals surface area contributed by atoms with E-state index in [9.17, 15) is 0 Å². The fourth-order valence-corrected chi connectivity index (χ4v) is 3.15. The van der Waals surface area contributed by atoms with Gasteiger partial charge in [-0.15, -0.1) is 0 Å². The summed E-state index contributed by atoms with van der Waals surface area (Å²) in [6, 6.07) is 2.05. The second kappa shape index (κ2) is 7.01. The van der Waals surface area contributed by atoms with Crippen LogP contribution in [-0.2, 0) is 0 Å². The van der Waals surface area contributed by atoms with Gasteiger partial charge in [-0.2, -0.15) is 0 Å². The Morgan fingerprint density at radius 1 is 1.60 bits per heavy atom. The molecule has 2 rings (SSSR count). The molecule has 0 unspecified atom stereocenters. The Morgan fingerprint density at radius 3 is 2.90 bits per heavy atom. The van der Waals surface area contributed by atoms with Crippen molar-refractivity contribution >= 4 is 28.1 Å². The van der Waals surface area contributed by atoms with Crippen molar-refractivity contribution in [2.24, 2.45) is 10.7 Å². The van der Waals surface area contributed by atoms with Crippen LogP contribution < -0.4 is 5.73 Å². The number of nitrogens with zero attached hydrogens (tertiary/aromatic N) is 2. The summed E-state index contributed by atoms with van der Waals surface area (Å²) in [5.74, 6) is 0.790. The van der Waals surface area contributed by atoms with Gasteiger partial charge in [0.05, 0.1) is 12.3 Å². The first-order valence-electron chi connectivity index (χ1n) is 6.70. The second-order valence-corrected chi connectivity index (χ2v) is 5.78. The van der Waals surface area contributed by atoms with Crippen molar-refractivity contribution in [3.8, 4) is 0 Å². The lowest BCUT2D eigenvalue weighted by molar-refractivity contribution is 0.163. The molecule has 0 aliphatic carbocycles. The third-order valence-electron chi connectivity index (χ3n) is 3.69. The van der Waals surface area contributed by atoms with Crippen LogP contribution in [0.15, 0.2) is 15.5 Å². The molecule has 0 spiro atoms. The number of hydrogen-bond acceptors (Lipinski definition) is 3. The first kappa shape index (κ1) is 15.2. The van der Waals surface area contributed by atoms with E-state index in [-0.39, 0.29) is 6.61 Å². The summed E-state index contributed by atoms with van der Waals surface area (Å²) in [4.78, 5) is 9.38. The highest BCUT2D eigenvalue weighted by Gasteiger charge is 2.22. The zero-order valence-electron chi connectivity index (χ0n) is 11.3. The second-order valence-electron chi connectivity index (χ2n) is 4.93. The third kappa shape index (κ3) is 3.47. The number of β-amino-alcohol motifs (C(OH)–C–C–N with tert-alkyl or cyclic N) is 1. The molecule has 2 heterocycles. The summed E-state index contributed by atoms with van der Waals surface area (Å²) in [5.41, 5.74) is 7.70. The van der Waals surface area contributed by atoms with Gasteiger partial charge in [0.15, 0.2) is 0 Å². The van der Waals surface area contributed by atoms with Gasteiger partial charge in [-0.05, 0) is 47.9 Å². The van der Waals surface area contributed by atoms with E-state index in [1.807, 2.05) is 6.07 Å². The van der Waals surface area contributed by atoms with Crippen LogP contribution in [0.1, 0.15) is 30.1 Å². The predicted molar refractivity (Wildman–Crippen MR) is 83.5 cm³/mol. The van der Waals surface area contributed by atoms with Crippen LogP contribution in [0.5, 0.6) is 0 Å². The molecular formula is C13H20BrN5O. The van der Waals surface area contributed by atoms with E-state index in [1.165, 1.54) is 0 Å². The molecule has 0 radical (unpaired) electrons. The molecule has 1 aromatic heterocycles. The Balaban J connectivity index is 2.06. The monoisotopic (exact) mass is 341 g/mol. The molecule has 6 nitrogen and oxygen atoms in total. The van der Waals surface area contributed by atoms with Gasteiger partial charge in [0, 0.05) is 22.6 Å². The number of likely N-dealkylation sites (tertiary alicyclic amines) is 1. The van der Waals surface area contributed by atoms with Gasteiger partial charge in [0.2, 0.25) is 0 Å². The van der Waals surface area contributed by atoms with E-state index in [1.54, 1.807) is 0 Å². The lowest BCUT2D eigenvalue weighted by Gasteiger charge is -2.30. The predicted octanol–water partition coefficient (Wildman–Crippen LogP) is 1.26. The fraction of sp³-hybridized carbons (Fsp3) is 0.538. The quantitative estimate of drug-likeness (QED) is 0.479. The maximum absolute atomic E-state index is 8.95. The normalized spacial score (nSPS) is 18.4. The van der Waals surface area contributed by atoms with Crippen LogP contribution in [0.2, 0.25) is 0 Å².